The first-order valence-electron chi connectivity index (χ1n) is 45.7. The molecule has 0 fully saturated rings. The normalized spacial score (nSPS) is 14.3. The number of carbonyl (C=O) groups is 10. The number of esters is 5. The predicted molar refractivity (Wildman–Crippen MR) is 504 cm³/mol. The van der Waals surface area contributed by atoms with Crippen LogP contribution in [0.15, 0.2) is 121 Å². The Kier molecular flexibility index (Phi) is 52.1. The maximum atomic E-state index is 13.1. The second-order valence-electron chi connectivity index (χ2n) is 42.3. The van der Waals surface area contributed by atoms with Gasteiger partial charge in [-0.15, -0.1) is 0 Å². The Morgan fingerprint density at radius 3 is 0.605 bits per heavy atom. The Morgan fingerprint density at radius 1 is 0.226 bits per heavy atom. The maximum absolute atomic E-state index is 13.1. The third kappa shape index (κ3) is 53.1. The lowest BCUT2D eigenvalue weighted by atomic mass is 9.86. The molecular formula is C104H171N5O15. The van der Waals surface area contributed by atoms with Gasteiger partial charge in [-0.25, -0.2) is 24.0 Å². The molecule has 5 amide bonds. The van der Waals surface area contributed by atoms with Crippen molar-refractivity contribution in [3.63, 3.8) is 0 Å². The highest BCUT2D eigenvalue weighted by Crippen LogP contribution is 2.28. The summed E-state index contributed by atoms with van der Waals surface area (Å²) in [4.78, 5) is 126. The molecule has 702 valence electrons. The van der Waals surface area contributed by atoms with Gasteiger partial charge in [0.25, 0.3) is 0 Å². The van der Waals surface area contributed by atoms with Crippen LogP contribution in [0, 0.1) is 88.8 Å². The Hall–Kier alpha value is -8.42. The first kappa shape index (κ1) is 116. The average molecular weight is 1730 g/mol. The highest BCUT2D eigenvalue weighted by Gasteiger charge is 2.37. The Labute approximate surface area is 751 Å². The molecule has 4 rings (SSSR count). The van der Waals surface area contributed by atoms with Crippen molar-refractivity contribution in [2.24, 2.45) is 88.8 Å². The SMILES string of the molecule is CC(C)C(Cc1ccccc1)C(=O)N[C@@H](Cc1ccccc1)C(=O)OC(C)(C)C.CC(C)CC(C(=O)N[C@@H](C)C(=O)OC(C)(C)C)C(C)C.CC(C)CC(C(=O)N[C@@H](CC(C)C)C(=O)OC(C)(C)C)C(C)C.CC(C)CC(C(=O)N[C@@H](Cc1ccccc1)C(=O)OC(C)(C)C)C(C)C.CC(C)C[C@H](NC(=O)C(Cc1ccccc1)C(C)C)C(=O)OC(C)(C)C. The molecule has 0 aromatic heterocycles. The second kappa shape index (κ2) is 55.9. The van der Waals surface area contributed by atoms with Crippen molar-refractivity contribution in [2.75, 3.05) is 0 Å². The molecule has 5 unspecified atom stereocenters. The van der Waals surface area contributed by atoms with E-state index in [4.69, 9.17) is 23.7 Å². The van der Waals surface area contributed by atoms with Gasteiger partial charge in [-0.3, -0.25) is 24.0 Å². The quantitative estimate of drug-likeness (QED) is 0.0206. The van der Waals surface area contributed by atoms with Crippen LogP contribution >= 0.6 is 0 Å². The Morgan fingerprint density at radius 2 is 0.403 bits per heavy atom. The van der Waals surface area contributed by atoms with Crippen LogP contribution in [0.5, 0.6) is 0 Å². The molecule has 0 spiro atoms. The standard InChI is InChI=1S/C25H33NO3.2C22H35NO3.C19H37NO3.C16H31NO3/c1-18(2)21(16-19-12-8-6-9-13-19)23(27)26-22(24(28)29-25(3,4)5)17-20-14-10-7-11-15-20;1-15(2)13-19(21(25)26-22(5,6)7)23-20(24)18(16(3)4)14-17-11-9-8-10-12-17;1-15(2)13-18(16(3)4)20(24)23-19(21(25)26-22(5,6)7)14-17-11-9-8-10-12-17;1-12(2)10-15(14(5)6)17(21)20-16(11-13(3)4)18(22)23-19(7,8)9;1-10(2)9-13(11(3)4)14(18)17-12(5)15(19)20-16(6,7)8/h6-15,18,21-22H,16-17H2,1-5H3,(H,26,27);2*8-12,15-16,18-19H,13-14H2,1-7H3,(H,23,24);12-16H,10-11H2,1-9H3,(H,20,21);10-13H,9H2,1-8H3,(H,17,18)/t21?,22-;2*18?,19-;15?,16-;12-,13?/m00000/s1. The molecule has 0 saturated heterocycles. The minimum absolute atomic E-state index is 0.0368. The van der Waals surface area contributed by atoms with E-state index in [1.54, 1.807) is 6.92 Å². The van der Waals surface area contributed by atoms with Gasteiger partial charge in [-0.1, -0.05) is 260 Å². The monoisotopic (exact) mass is 1730 g/mol. The minimum atomic E-state index is -0.721. The van der Waals surface area contributed by atoms with Crippen molar-refractivity contribution in [2.45, 2.75) is 365 Å². The predicted octanol–water partition coefficient (Wildman–Crippen LogP) is 20.6. The number of hydrogen-bond donors (Lipinski definition) is 5. The van der Waals surface area contributed by atoms with Crippen molar-refractivity contribution >= 4 is 59.4 Å². The fourth-order valence-corrected chi connectivity index (χ4v) is 13.4. The fourth-order valence-electron chi connectivity index (χ4n) is 13.4. The van der Waals surface area contributed by atoms with Crippen molar-refractivity contribution < 1.29 is 71.6 Å². The van der Waals surface area contributed by atoms with Gasteiger partial charge in [0.15, 0.2) is 0 Å². The van der Waals surface area contributed by atoms with Crippen LogP contribution in [0.1, 0.15) is 304 Å². The molecule has 124 heavy (non-hydrogen) atoms. The first-order valence-corrected chi connectivity index (χ1v) is 45.7. The van der Waals surface area contributed by atoms with Gasteiger partial charge in [0, 0.05) is 42.4 Å². The highest BCUT2D eigenvalue weighted by molar-refractivity contribution is 5.89. The van der Waals surface area contributed by atoms with Crippen molar-refractivity contribution in [1.82, 2.24) is 26.6 Å². The van der Waals surface area contributed by atoms with Gasteiger partial charge < -0.3 is 50.3 Å². The third-order valence-electron chi connectivity index (χ3n) is 19.6. The molecule has 0 saturated carbocycles. The van der Waals surface area contributed by atoms with Crippen LogP contribution in [0.4, 0.5) is 0 Å². The van der Waals surface area contributed by atoms with Crippen LogP contribution in [-0.2, 0) is 97.3 Å². The molecule has 0 aliphatic carbocycles. The van der Waals surface area contributed by atoms with Gasteiger partial charge in [0.1, 0.15) is 58.2 Å². The molecule has 0 aliphatic heterocycles. The summed E-state index contributed by atoms with van der Waals surface area (Å²) in [5, 5.41) is 14.6. The number of ether oxygens (including phenoxy) is 5. The molecule has 0 heterocycles. The molecule has 20 nitrogen and oxygen atoms in total. The van der Waals surface area contributed by atoms with Crippen molar-refractivity contribution in [1.29, 1.82) is 0 Å². The van der Waals surface area contributed by atoms with E-state index in [2.05, 4.69) is 82.0 Å². The van der Waals surface area contributed by atoms with E-state index in [-0.39, 0.29) is 113 Å². The van der Waals surface area contributed by atoms with Gasteiger partial charge in [-0.2, -0.15) is 0 Å². The van der Waals surface area contributed by atoms with Crippen LogP contribution in [0.25, 0.3) is 0 Å². The molecule has 0 bridgehead atoms. The number of amides is 5. The molecule has 0 radical (unpaired) electrons. The van der Waals surface area contributed by atoms with E-state index < -0.39 is 70.2 Å². The van der Waals surface area contributed by atoms with E-state index in [1.807, 2.05) is 308 Å². The zero-order chi connectivity index (χ0) is 95.7. The average Bonchev–Trinajstić information content (AvgIpc) is 0.767. The summed E-state index contributed by atoms with van der Waals surface area (Å²) >= 11 is 0. The molecule has 10 atom stereocenters. The molecule has 4 aromatic carbocycles. The summed E-state index contributed by atoms with van der Waals surface area (Å²) in [6.07, 6.45) is 5.73. The number of carbonyl (C=O) groups excluding carboxylic acids is 10. The summed E-state index contributed by atoms with van der Waals surface area (Å²) in [7, 11) is 0. The zero-order valence-electron chi connectivity index (χ0n) is 83.6. The maximum Gasteiger partial charge on any atom is 0.329 e. The van der Waals surface area contributed by atoms with Crippen molar-refractivity contribution in [3.8, 4) is 0 Å². The zero-order valence-corrected chi connectivity index (χ0v) is 83.6. The first-order chi connectivity index (χ1) is 56.9. The summed E-state index contributed by atoms with van der Waals surface area (Å²) < 4.78 is 27.4. The Balaban J connectivity index is 0.00000153. The van der Waals surface area contributed by atoms with E-state index in [9.17, 15) is 47.9 Å². The van der Waals surface area contributed by atoms with Crippen LogP contribution in [-0.4, -0.2) is 118 Å². The van der Waals surface area contributed by atoms with Crippen LogP contribution in [0.2, 0.25) is 0 Å². The molecule has 5 N–H and O–H groups in total. The van der Waals surface area contributed by atoms with E-state index in [0.29, 0.717) is 62.2 Å². The highest BCUT2D eigenvalue weighted by atomic mass is 16.6. The minimum Gasteiger partial charge on any atom is -0.458 e. The molecule has 20 heteroatoms. The van der Waals surface area contributed by atoms with Crippen LogP contribution in [0.3, 0.4) is 0 Å². The molecular weight excluding hydrogens is 1560 g/mol. The van der Waals surface area contributed by atoms with Gasteiger partial charge in [0.05, 0.1) is 0 Å². The Bertz CT molecular complexity index is 3740. The smallest absolute Gasteiger partial charge is 0.329 e. The molecule has 0 aliphatic rings. The fraction of sp³-hybridized carbons (Fsp3) is 0.673. The summed E-state index contributed by atoms with van der Waals surface area (Å²) in [6, 6.07) is 36.1. The van der Waals surface area contributed by atoms with E-state index in [1.165, 1.54) is 0 Å². The van der Waals surface area contributed by atoms with Crippen LogP contribution < -0.4 is 26.6 Å². The van der Waals surface area contributed by atoms with Gasteiger partial charge in [0.2, 0.25) is 29.5 Å². The summed E-state index contributed by atoms with van der Waals surface area (Å²) in [5.41, 5.74) is 1.35. The third-order valence-corrected chi connectivity index (χ3v) is 19.6. The largest absolute Gasteiger partial charge is 0.458 e. The van der Waals surface area contributed by atoms with E-state index >= 15 is 0 Å². The lowest BCUT2D eigenvalue weighted by Crippen LogP contribution is -2.48. The second-order valence-corrected chi connectivity index (χ2v) is 42.3. The van der Waals surface area contributed by atoms with Gasteiger partial charge >= 0.3 is 29.8 Å². The lowest BCUT2D eigenvalue weighted by molar-refractivity contribution is -0.160. The summed E-state index contributed by atoms with van der Waals surface area (Å²) in [6.45, 7) is 70.4. The van der Waals surface area contributed by atoms with Gasteiger partial charge in [-0.05, 0) is 237 Å². The lowest BCUT2D eigenvalue weighted by Gasteiger charge is -2.28. The number of hydrogen-bond acceptors (Lipinski definition) is 15. The van der Waals surface area contributed by atoms with E-state index in [0.717, 1.165) is 41.5 Å². The molecule has 4 aromatic rings. The number of benzene rings is 4. The summed E-state index contributed by atoms with van der Waals surface area (Å²) in [5.74, 6) is 0.00137. The van der Waals surface area contributed by atoms with Crippen molar-refractivity contribution in [3.05, 3.63) is 144 Å². The number of rotatable bonds is 38. The topological polar surface area (TPSA) is 277 Å². The number of nitrogens with one attached hydrogen (secondary N) is 5.